The van der Waals surface area contributed by atoms with Gasteiger partial charge in [0.05, 0.1) is 13.2 Å². The highest BCUT2D eigenvalue weighted by Crippen LogP contribution is 2.30. The molecule has 0 radical (unpaired) electrons. The molecule has 0 bridgehead atoms. The lowest BCUT2D eigenvalue weighted by Crippen LogP contribution is -2.45. The fourth-order valence-corrected chi connectivity index (χ4v) is 3.25. The number of hydrogen-bond donors (Lipinski definition) is 1. The number of β-amino-alcohol motifs (C(OH)–C–C–N with tert-alkyl or cyclic N) is 1. The van der Waals surface area contributed by atoms with E-state index in [1.54, 1.807) is 7.11 Å². The van der Waals surface area contributed by atoms with Crippen LogP contribution in [-0.2, 0) is 0 Å². The average molecular weight is 277 g/mol. The first-order chi connectivity index (χ1) is 9.52. The molecule has 3 nitrogen and oxygen atoms in total. The van der Waals surface area contributed by atoms with E-state index in [0.29, 0.717) is 18.6 Å². The van der Waals surface area contributed by atoms with Gasteiger partial charge in [-0.2, -0.15) is 0 Å². The van der Waals surface area contributed by atoms with Crippen LogP contribution in [0.25, 0.3) is 0 Å². The summed E-state index contributed by atoms with van der Waals surface area (Å²) in [5, 5.41) is 10.6. The minimum absolute atomic E-state index is 0.493. The smallest absolute Gasteiger partial charge is 0.124 e. The van der Waals surface area contributed by atoms with Crippen molar-refractivity contribution in [3.05, 3.63) is 29.3 Å². The summed E-state index contributed by atoms with van der Waals surface area (Å²) in [5.41, 5.74) is 2.05. The van der Waals surface area contributed by atoms with Gasteiger partial charge in [-0.25, -0.2) is 0 Å². The molecule has 1 aliphatic rings. The van der Waals surface area contributed by atoms with Gasteiger partial charge >= 0.3 is 0 Å². The van der Waals surface area contributed by atoms with Crippen molar-refractivity contribution in [1.82, 2.24) is 4.90 Å². The Morgan fingerprint density at radius 3 is 2.55 bits per heavy atom. The zero-order chi connectivity index (χ0) is 14.7. The molecule has 3 atom stereocenters. The molecule has 1 aromatic rings. The maximum atomic E-state index is 10.6. The molecule has 20 heavy (non-hydrogen) atoms. The number of benzene rings is 1. The fourth-order valence-electron chi connectivity index (χ4n) is 3.25. The van der Waals surface area contributed by atoms with Crippen LogP contribution >= 0.6 is 0 Å². The van der Waals surface area contributed by atoms with E-state index in [2.05, 4.69) is 18.7 Å². The summed E-state index contributed by atoms with van der Waals surface area (Å²) in [7, 11) is 1.66. The number of nitrogens with zero attached hydrogens (tertiary/aromatic N) is 1. The molecule has 1 N–H and O–H groups in total. The van der Waals surface area contributed by atoms with Crippen LogP contribution in [0, 0.1) is 6.92 Å². The van der Waals surface area contributed by atoms with E-state index < -0.39 is 6.10 Å². The van der Waals surface area contributed by atoms with Crippen LogP contribution in [0.15, 0.2) is 18.2 Å². The van der Waals surface area contributed by atoms with Gasteiger partial charge in [-0.05, 0) is 45.7 Å². The Hall–Kier alpha value is -1.06. The molecule has 0 aliphatic carbocycles. The largest absolute Gasteiger partial charge is 0.496 e. The molecule has 1 aliphatic heterocycles. The number of piperidine rings is 1. The molecule has 1 fully saturated rings. The molecular formula is C17H27NO2. The van der Waals surface area contributed by atoms with E-state index in [1.165, 1.54) is 19.3 Å². The minimum atomic E-state index is -0.493. The summed E-state index contributed by atoms with van der Waals surface area (Å²) >= 11 is 0. The number of ether oxygens (including phenoxy) is 1. The first-order valence-electron chi connectivity index (χ1n) is 7.61. The summed E-state index contributed by atoms with van der Waals surface area (Å²) in [5.74, 6) is 0.778. The van der Waals surface area contributed by atoms with Crippen molar-refractivity contribution >= 4 is 0 Å². The van der Waals surface area contributed by atoms with E-state index in [1.807, 2.05) is 25.1 Å². The fraction of sp³-hybridized carbons (Fsp3) is 0.647. The molecule has 3 unspecified atom stereocenters. The summed E-state index contributed by atoms with van der Waals surface area (Å²) < 4.78 is 5.39. The number of methoxy groups -OCH3 is 1. The third kappa shape index (κ3) is 3.33. The number of aryl methyl sites for hydroxylation is 1. The van der Waals surface area contributed by atoms with Gasteiger partial charge in [0.15, 0.2) is 0 Å². The van der Waals surface area contributed by atoms with Crippen LogP contribution in [0.4, 0.5) is 0 Å². The molecule has 2 rings (SSSR count). The summed E-state index contributed by atoms with van der Waals surface area (Å²) in [4.78, 5) is 2.43. The third-order valence-electron chi connectivity index (χ3n) is 4.50. The van der Waals surface area contributed by atoms with Crippen molar-refractivity contribution in [3.63, 3.8) is 0 Å². The van der Waals surface area contributed by atoms with Crippen molar-refractivity contribution in [2.75, 3.05) is 13.7 Å². The van der Waals surface area contributed by atoms with Crippen molar-refractivity contribution in [1.29, 1.82) is 0 Å². The Morgan fingerprint density at radius 1 is 1.30 bits per heavy atom. The second-order valence-electron chi connectivity index (χ2n) is 6.09. The standard InChI is InChI=1S/C17H27NO2/c1-12-8-9-17(20-4)15(10-12)16(19)11-18-13(2)6-5-7-14(18)3/h8-10,13-14,16,19H,5-7,11H2,1-4H3. The zero-order valence-electron chi connectivity index (χ0n) is 13.1. The van der Waals surface area contributed by atoms with Crippen molar-refractivity contribution in [3.8, 4) is 5.75 Å². The summed E-state index contributed by atoms with van der Waals surface area (Å²) in [6.07, 6.45) is 3.25. The first kappa shape index (κ1) is 15.3. The van der Waals surface area contributed by atoms with Crippen molar-refractivity contribution in [2.24, 2.45) is 0 Å². The number of hydrogen-bond acceptors (Lipinski definition) is 3. The summed E-state index contributed by atoms with van der Waals surface area (Å²) in [6.45, 7) is 7.25. The van der Waals surface area contributed by atoms with Crippen molar-refractivity contribution in [2.45, 2.75) is 58.2 Å². The third-order valence-corrected chi connectivity index (χ3v) is 4.50. The Morgan fingerprint density at radius 2 is 1.95 bits per heavy atom. The molecule has 1 heterocycles. The topological polar surface area (TPSA) is 32.7 Å². The SMILES string of the molecule is COc1ccc(C)cc1C(O)CN1C(C)CCCC1C. The lowest BCUT2D eigenvalue weighted by molar-refractivity contribution is 0.0402. The predicted molar refractivity (Wildman–Crippen MR) is 82.2 cm³/mol. The number of likely N-dealkylation sites (tertiary alicyclic amines) is 1. The quantitative estimate of drug-likeness (QED) is 0.916. The van der Waals surface area contributed by atoms with Gasteiger partial charge in [0.1, 0.15) is 5.75 Å². The van der Waals surface area contributed by atoms with E-state index in [-0.39, 0.29) is 0 Å². The van der Waals surface area contributed by atoms with Crippen LogP contribution < -0.4 is 4.74 Å². The molecule has 1 saturated heterocycles. The minimum Gasteiger partial charge on any atom is -0.496 e. The molecule has 112 valence electrons. The normalized spacial score (nSPS) is 25.4. The van der Waals surface area contributed by atoms with E-state index >= 15 is 0 Å². The average Bonchev–Trinajstić information content (AvgIpc) is 2.43. The molecule has 1 aromatic carbocycles. The second kappa shape index (κ2) is 6.59. The Kier molecular flexibility index (Phi) is 5.06. The van der Waals surface area contributed by atoms with Crippen LogP contribution in [0.2, 0.25) is 0 Å². The van der Waals surface area contributed by atoms with Gasteiger partial charge < -0.3 is 9.84 Å². The molecule has 0 amide bonds. The first-order valence-corrected chi connectivity index (χ1v) is 7.61. The highest BCUT2D eigenvalue weighted by atomic mass is 16.5. The molecule has 0 aromatic heterocycles. The maximum absolute atomic E-state index is 10.6. The molecule has 0 saturated carbocycles. The number of rotatable bonds is 4. The predicted octanol–water partition coefficient (Wildman–Crippen LogP) is 3.30. The van der Waals surface area contributed by atoms with Gasteiger partial charge in [-0.1, -0.05) is 18.1 Å². The van der Waals surface area contributed by atoms with Crippen molar-refractivity contribution < 1.29 is 9.84 Å². The van der Waals surface area contributed by atoms with E-state index in [4.69, 9.17) is 4.74 Å². The summed E-state index contributed by atoms with van der Waals surface area (Å²) in [6, 6.07) is 7.08. The van der Waals surface area contributed by atoms with Gasteiger partial charge in [-0.15, -0.1) is 0 Å². The lowest BCUT2D eigenvalue weighted by atomic mass is 9.96. The highest BCUT2D eigenvalue weighted by Gasteiger charge is 2.27. The number of aliphatic hydroxyl groups excluding tert-OH is 1. The monoisotopic (exact) mass is 277 g/mol. The van der Waals surface area contributed by atoms with Crippen LogP contribution in [0.3, 0.4) is 0 Å². The second-order valence-corrected chi connectivity index (χ2v) is 6.09. The maximum Gasteiger partial charge on any atom is 0.124 e. The zero-order valence-corrected chi connectivity index (χ0v) is 13.1. The van der Waals surface area contributed by atoms with E-state index in [0.717, 1.165) is 16.9 Å². The lowest BCUT2D eigenvalue weighted by Gasteiger charge is -2.40. The molecule has 0 spiro atoms. The van der Waals surface area contributed by atoms with Crippen LogP contribution in [-0.4, -0.2) is 35.7 Å². The Bertz CT molecular complexity index is 437. The van der Waals surface area contributed by atoms with Gasteiger partial charge in [0.25, 0.3) is 0 Å². The van der Waals surface area contributed by atoms with Crippen LogP contribution in [0.5, 0.6) is 5.75 Å². The Balaban J connectivity index is 2.14. The molecular weight excluding hydrogens is 250 g/mol. The van der Waals surface area contributed by atoms with E-state index in [9.17, 15) is 5.11 Å². The number of aliphatic hydroxyl groups is 1. The molecule has 3 heteroatoms. The highest BCUT2D eigenvalue weighted by molar-refractivity contribution is 5.38. The Labute approximate surface area is 122 Å². The van der Waals surface area contributed by atoms with Gasteiger partial charge in [0.2, 0.25) is 0 Å². The van der Waals surface area contributed by atoms with Gasteiger partial charge in [-0.3, -0.25) is 4.90 Å². The van der Waals surface area contributed by atoms with Gasteiger partial charge in [0, 0.05) is 24.2 Å². The van der Waals surface area contributed by atoms with Crippen LogP contribution in [0.1, 0.15) is 50.3 Å².